The van der Waals surface area contributed by atoms with Gasteiger partial charge in [0, 0.05) is 36.1 Å². The molecule has 1 aromatic rings. The van der Waals surface area contributed by atoms with Crippen LogP contribution < -0.4 is 5.73 Å². The van der Waals surface area contributed by atoms with E-state index in [4.69, 9.17) is 5.73 Å². The molecule has 4 unspecified atom stereocenters. The minimum atomic E-state index is 0.181. The summed E-state index contributed by atoms with van der Waals surface area (Å²) in [7, 11) is 0. The van der Waals surface area contributed by atoms with Gasteiger partial charge in [0.15, 0.2) is 0 Å². The van der Waals surface area contributed by atoms with Crippen molar-refractivity contribution in [3.63, 3.8) is 0 Å². The summed E-state index contributed by atoms with van der Waals surface area (Å²) in [4.78, 5) is 6.88. The summed E-state index contributed by atoms with van der Waals surface area (Å²) in [6.45, 7) is 10.5. The van der Waals surface area contributed by atoms with Crippen LogP contribution in [-0.2, 0) is 0 Å². The first kappa shape index (κ1) is 15.5. The first-order valence-corrected chi connectivity index (χ1v) is 9.25. The topological polar surface area (TPSA) is 32.5 Å². The van der Waals surface area contributed by atoms with Gasteiger partial charge in [0.1, 0.15) is 0 Å². The number of hydrogen-bond donors (Lipinski definition) is 1. The number of fused-ring (bicyclic) bond motifs is 1. The Kier molecular flexibility index (Phi) is 4.69. The number of rotatable bonds is 3. The van der Waals surface area contributed by atoms with Gasteiger partial charge in [0.2, 0.25) is 0 Å². The molecule has 21 heavy (non-hydrogen) atoms. The molecule has 0 radical (unpaired) electrons. The van der Waals surface area contributed by atoms with Gasteiger partial charge in [-0.3, -0.25) is 9.80 Å². The largest absolute Gasteiger partial charge is 0.326 e. The highest BCUT2D eigenvalue weighted by atomic mass is 32.1. The molecule has 0 bridgehead atoms. The summed E-state index contributed by atoms with van der Waals surface area (Å²) in [5.41, 5.74) is 7.81. The van der Waals surface area contributed by atoms with Gasteiger partial charge in [-0.15, -0.1) is 11.3 Å². The van der Waals surface area contributed by atoms with Gasteiger partial charge in [-0.2, -0.15) is 0 Å². The first-order chi connectivity index (χ1) is 10.1. The molecule has 3 nitrogen and oxygen atoms in total. The second-order valence-electron chi connectivity index (χ2n) is 6.96. The third-order valence-electron chi connectivity index (χ3n) is 5.26. The zero-order chi connectivity index (χ0) is 15.0. The van der Waals surface area contributed by atoms with E-state index in [9.17, 15) is 0 Å². The standard InChI is InChI=1S/C17H29N3S/c1-12-7-9-21-17(12)16(14(3)18)20-11-15-6-4-5-8-19(15)10-13(20)2/h7,9,13-16H,4-6,8,10-11,18H2,1-3H3. The van der Waals surface area contributed by atoms with Crippen molar-refractivity contribution < 1.29 is 0 Å². The Morgan fingerprint density at radius 3 is 2.81 bits per heavy atom. The highest BCUT2D eigenvalue weighted by Gasteiger charge is 2.38. The zero-order valence-electron chi connectivity index (χ0n) is 13.6. The van der Waals surface area contributed by atoms with Crippen LogP contribution in [0.3, 0.4) is 0 Å². The summed E-state index contributed by atoms with van der Waals surface area (Å²) in [6.07, 6.45) is 4.13. The molecule has 1 aromatic heterocycles. The number of piperazine rings is 1. The van der Waals surface area contributed by atoms with Crippen molar-refractivity contribution >= 4 is 11.3 Å². The molecule has 2 saturated heterocycles. The second kappa shape index (κ2) is 6.37. The van der Waals surface area contributed by atoms with Crippen LogP contribution in [0, 0.1) is 6.92 Å². The zero-order valence-corrected chi connectivity index (χ0v) is 14.4. The lowest BCUT2D eigenvalue weighted by Gasteiger charge is -2.50. The molecule has 2 aliphatic rings. The van der Waals surface area contributed by atoms with Gasteiger partial charge in [0.05, 0.1) is 6.04 Å². The SMILES string of the molecule is Cc1ccsc1C(C(C)N)N1CC2CCCCN2CC1C. The van der Waals surface area contributed by atoms with E-state index >= 15 is 0 Å². The predicted octanol–water partition coefficient (Wildman–Crippen LogP) is 3.00. The van der Waals surface area contributed by atoms with Crippen molar-refractivity contribution in [2.75, 3.05) is 19.6 Å². The monoisotopic (exact) mass is 307 g/mol. The summed E-state index contributed by atoms with van der Waals surface area (Å²) in [6, 6.07) is 4.13. The fraction of sp³-hybridized carbons (Fsp3) is 0.765. The van der Waals surface area contributed by atoms with Crippen molar-refractivity contribution in [3.05, 3.63) is 21.9 Å². The second-order valence-corrected chi connectivity index (χ2v) is 7.91. The molecule has 0 aromatic carbocycles. The van der Waals surface area contributed by atoms with Crippen LogP contribution >= 0.6 is 11.3 Å². The van der Waals surface area contributed by atoms with Gasteiger partial charge >= 0.3 is 0 Å². The van der Waals surface area contributed by atoms with E-state index in [-0.39, 0.29) is 6.04 Å². The number of hydrogen-bond acceptors (Lipinski definition) is 4. The van der Waals surface area contributed by atoms with Crippen molar-refractivity contribution in [2.45, 2.75) is 64.2 Å². The number of piperidine rings is 1. The minimum absolute atomic E-state index is 0.181. The molecule has 3 heterocycles. The lowest BCUT2D eigenvalue weighted by Crippen LogP contribution is -2.60. The van der Waals surface area contributed by atoms with E-state index in [1.807, 2.05) is 11.3 Å². The molecule has 0 aliphatic carbocycles. The van der Waals surface area contributed by atoms with Crippen LogP contribution in [0.2, 0.25) is 0 Å². The molecule has 4 heteroatoms. The summed E-state index contributed by atoms with van der Waals surface area (Å²) in [5.74, 6) is 0. The highest BCUT2D eigenvalue weighted by molar-refractivity contribution is 7.10. The molecule has 0 spiro atoms. The predicted molar refractivity (Wildman–Crippen MR) is 90.8 cm³/mol. The van der Waals surface area contributed by atoms with Crippen molar-refractivity contribution in [1.82, 2.24) is 9.80 Å². The summed E-state index contributed by atoms with van der Waals surface area (Å²) >= 11 is 1.88. The lowest BCUT2D eigenvalue weighted by molar-refractivity contribution is -0.0124. The Bertz CT molecular complexity index is 470. The Balaban J connectivity index is 1.84. The van der Waals surface area contributed by atoms with Crippen LogP contribution in [-0.4, -0.2) is 47.6 Å². The third-order valence-corrected chi connectivity index (χ3v) is 6.35. The fourth-order valence-corrected chi connectivity index (χ4v) is 5.30. The van der Waals surface area contributed by atoms with E-state index in [0.29, 0.717) is 12.1 Å². The average molecular weight is 308 g/mol. The van der Waals surface area contributed by atoms with Gasteiger partial charge in [0.25, 0.3) is 0 Å². The number of nitrogens with two attached hydrogens (primary N) is 1. The number of thiophene rings is 1. The molecule has 2 fully saturated rings. The molecule has 0 saturated carbocycles. The molecule has 0 amide bonds. The fourth-order valence-electron chi connectivity index (χ4n) is 4.14. The molecule has 4 atom stereocenters. The van der Waals surface area contributed by atoms with Crippen molar-refractivity contribution in [1.29, 1.82) is 0 Å². The normalized spacial score (nSPS) is 30.9. The molecular weight excluding hydrogens is 278 g/mol. The minimum Gasteiger partial charge on any atom is -0.326 e. The lowest BCUT2D eigenvalue weighted by atomic mass is 9.93. The van der Waals surface area contributed by atoms with E-state index in [1.54, 1.807) is 0 Å². The number of nitrogens with zero attached hydrogens (tertiary/aromatic N) is 2. The number of aryl methyl sites for hydroxylation is 1. The molecular formula is C17H29N3S. The van der Waals surface area contributed by atoms with Gasteiger partial charge in [-0.05, 0) is 57.2 Å². The Hall–Kier alpha value is -0.420. The van der Waals surface area contributed by atoms with Crippen molar-refractivity contribution in [2.24, 2.45) is 5.73 Å². The van der Waals surface area contributed by atoms with E-state index in [2.05, 4.69) is 42.0 Å². The molecule has 118 valence electrons. The summed E-state index contributed by atoms with van der Waals surface area (Å²) < 4.78 is 0. The van der Waals surface area contributed by atoms with Gasteiger partial charge < -0.3 is 5.73 Å². The maximum absolute atomic E-state index is 6.41. The van der Waals surface area contributed by atoms with Crippen molar-refractivity contribution in [3.8, 4) is 0 Å². The van der Waals surface area contributed by atoms with Crippen LogP contribution in [0.1, 0.15) is 49.6 Å². The molecule has 2 aliphatic heterocycles. The quantitative estimate of drug-likeness (QED) is 0.932. The van der Waals surface area contributed by atoms with Crippen LogP contribution in [0.4, 0.5) is 0 Å². The Labute approximate surface area is 133 Å². The third kappa shape index (κ3) is 3.04. The van der Waals surface area contributed by atoms with E-state index < -0.39 is 0 Å². The van der Waals surface area contributed by atoms with Crippen LogP contribution in [0.25, 0.3) is 0 Å². The molecule has 2 N–H and O–H groups in total. The van der Waals surface area contributed by atoms with Crippen LogP contribution in [0.5, 0.6) is 0 Å². The molecule has 3 rings (SSSR count). The van der Waals surface area contributed by atoms with E-state index in [1.165, 1.54) is 49.3 Å². The average Bonchev–Trinajstić information content (AvgIpc) is 2.85. The van der Waals surface area contributed by atoms with Crippen LogP contribution in [0.15, 0.2) is 11.4 Å². The summed E-state index contributed by atoms with van der Waals surface area (Å²) in [5, 5.41) is 2.21. The first-order valence-electron chi connectivity index (χ1n) is 8.37. The Morgan fingerprint density at radius 2 is 2.14 bits per heavy atom. The van der Waals surface area contributed by atoms with Gasteiger partial charge in [-0.25, -0.2) is 0 Å². The van der Waals surface area contributed by atoms with E-state index in [0.717, 1.165) is 6.04 Å². The highest BCUT2D eigenvalue weighted by Crippen LogP contribution is 2.35. The smallest absolute Gasteiger partial charge is 0.0596 e. The maximum Gasteiger partial charge on any atom is 0.0596 e. The van der Waals surface area contributed by atoms with Gasteiger partial charge in [-0.1, -0.05) is 6.42 Å². The Morgan fingerprint density at radius 1 is 1.33 bits per heavy atom. The maximum atomic E-state index is 6.41.